The summed E-state index contributed by atoms with van der Waals surface area (Å²) < 4.78 is 27.9. The molecule has 1 N–H and O–H groups in total. The van der Waals surface area contributed by atoms with Crippen LogP contribution >= 0.6 is 11.6 Å². The number of alkyl halides is 1. The molecule has 0 aliphatic carbocycles. The van der Waals surface area contributed by atoms with Crippen molar-refractivity contribution in [3.05, 3.63) is 65.7 Å². The molecule has 6 nitrogen and oxygen atoms in total. The highest BCUT2D eigenvalue weighted by molar-refractivity contribution is 7.89. The van der Waals surface area contributed by atoms with E-state index in [0.717, 1.165) is 37.9 Å². The van der Waals surface area contributed by atoms with Crippen molar-refractivity contribution in [1.82, 2.24) is 9.79 Å². The maximum Gasteiger partial charge on any atom is 0.330 e. The molecule has 0 bridgehead atoms. The number of hydroxylamine groups is 2. The van der Waals surface area contributed by atoms with Crippen LogP contribution in [0.15, 0.2) is 59.5 Å². The summed E-state index contributed by atoms with van der Waals surface area (Å²) in [5, 5.41) is 1.79. The van der Waals surface area contributed by atoms with Crippen molar-refractivity contribution < 1.29 is 18.0 Å². The van der Waals surface area contributed by atoms with E-state index in [9.17, 15) is 13.2 Å². The largest absolute Gasteiger partial charge is 0.367 e. The molecule has 1 heterocycles. The Kier molecular flexibility index (Phi) is 9.15. The Hall–Kier alpha value is -1.93. The molecular weight excluding hydrogens is 472 g/mol. The number of sulfonamides is 1. The van der Waals surface area contributed by atoms with Gasteiger partial charge in [0, 0.05) is 25.0 Å². The third-order valence-electron chi connectivity index (χ3n) is 5.99. The van der Waals surface area contributed by atoms with E-state index in [0.29, 0.717) is 12.3 Å². The number of piperidine rings is 1. The number of carbonyl (C=O) groups excluding carboxylic acids is 1. The third-order valence-corrected chi connectivity index (χ3v) is 7.90. The van der Waals surface area contributed by atoms with Crippen molar-refractivity contribution in [3.63, 3.8) is 0 Å². The van der Waals surface area contributed by atoms with Crippen molar-refractivity contribution in [3.8, 4) is 0 Å². The first-order valence-corrected chi connectivity index (χ1v) is 13.8. The Balaban J connectivity index is 1.49. The van der Waals surface area contributed by atoms with E-state index in [1.54, 1.807) is 35.4 Å². The van der Waals surface area contributed by atoms with Crippen LogP contribution in [-0.2, 0) is 32.5 Å². The molecule has 34 heavy (non-hydrogen) atoms. The number of halogens is 1. The second-order valence-corrected chi connectivity index (χ2v) is 12.0. The number of hydrogen-bond acceptors (Lipinski definition) is 5. The van der Waals surface area contributed by atoms with Crippen molar-refractivity contribution in [2.75, 3.05) is 19.0 Å². The minimum absolute atomic E-state index is 0.187. The number of hydrogen-bond donors (Lipinski definition) is 1. The van der Waals surface area contributed by atoms with Gasteiger partial charge in [-0.15, -0.1) is 16.7 Å². The molecule has 2 aromatic rings. The van der Waals surface area contributed by atoms with Crippen LogP contribution in [0.3, 0.4) is 0 Å². The predicted octanol–water partition coefficient (Wildman–Crippen LogP) is 4.57. The quantitative estimate of drug-likeness (QED) is 0.504. The fourth-order valence-corrected chi connectivity index (χ4v) is 5.44. The highest BCUT2D eigenvalue weighted by Gasteiger charge is 2.28. The Bertz CT molecular complexity index is 1030. The molecule has 1 saturated heterocycles. The smallest absolute Gasteiger partial charge is 0.330 e. The molecular formula is C26H35ClN2O4S. The molecule has 0 aromatic heterocycles. The van der Waals surface area contributed by atoms with Crippen molar-refractivity contribution in [2.45, 2.75) is 57.4 Å². The molecule has 0 amide bonds. The average Bonchev–Trinajstić information content (AvgIpc) is 2.81. The lowest BCUT2D eigenvalue weighted by atomic mass is 9.90. The molecule has 1 aliphatic heterocycles. The van der Waals surface area contributed by atoms with Gasteiger partial charge < -0.3 is 4.84 Å². The van der Waals surface area contributed by atoms with Gasteiger partial charge in [0.15, 0.2) is 0 Å². The van der Waals surface area contributed by atoms with Gasteiger partial charge in [-0.1, -0.05) is 42.5 Å². The van der Waals surface area contributed by atoms with Crippen LogP contribution in [0.4, 0.5) is 0 Å². The van der Waals surface area contributed by atoms with Gasteiger partial charge in [-0.3, -0.25) is 0 Å². The topological polar surface area (TPSA) is 75.7 Å². The molecule has 186 valence electrons. The lowest BCUT2D eigenvalue weighted by Gasteiger charge is -2.32. The number of carbonyl (C=O) groups is 1. The number of benzene rings is 2. The zero-order valence-corrected chi connectivity index (χ0v) is 21.7. The molecule has 0 saturated carbocycles. The Morgan fingerprint density at radius 3 is 2.21 bits per heavy atom. The molecule has 1 fully saturated rings. The minimum atomic E-state index is -3.61. The molecule has 3 rings (SSSR count). The Morgan fingerprint density at radius 1 is 1.06 bits per heavy atom. The molecule has 0 unspecified atom stereocenters. The molecule has 8 heteroatoms. The van der Waals surface area contributed by atoms with Crippen LogP contribution in [0.25, 0.3) is 0 Å². The fraction of sp³-hybridized carbons (Fsp3) is 0.500. The summed E-state index contributed by atoms with van der Waals surface area (Å²) in [6.45, 7) is 7.09. The first kappa shape index (κ1) is 26.7. The second kappa shape index (κ2) is 11.7. The van der Waals surface area contributed by atoms with E-state index in [1.165, 1.54) is 5.56 Å². The highest BCUT2D eigenvalue weighted by atomic mass is 35.5. The number of nitrogens with zero attached hydrogens (tertiary/aromatic N) is 1. The molecule has 1 aliphatic rings. The zero-order chi connectivity index (χ0) is 24.8. The Morgan fingerprint density at radius 2 is 1.65 bits per heavy atom. The summed E-state index contributed by atoms with van der Waals surface area (Å²) in [7, 11) is -3.61. The summed E-state index contributed by atoms with van der Waals surface area (Å²) in [6.07, 6.45) is 3.46. The van der Waals surface area contributed by atoms with Crippen molar-refractivity contribution >= 4 is 27.6 Å². The first-order chi connectivity index (χ1) is 16.1. The van der Waals surface area contributed by atoms with Gasteiger partial charge in [-0.25, -0.2) is 17.9 Å². The average molecular weight is 507 g/mol. The molecule has 2 aromatic carbocycles. The summed E-state index contributed by atoms with van der Waals surface area (Å²) >= 11 is 6.08. The predicted molar refractivity (Wildman–Crippen MR) is 135 cm³/mol. The fourth-order valence-electron chi connectivity index (χ4n) is 3.90. The summed E-state index contributed by atoms with van der Waals surface area (Å²) in [5.74, 6) is 0.540. The summed E-state index contributed by atoms with van der Waals surface area (Å²) in [6, 6.07) is 16.2. The van der Waals surface area contributed by atoms with Crippen LogP contribution in [0.2, 0.25) is 0 Å². The van der Waals surface area contributed by atoms with Crippen LogP contribution < -0.4 is 4.72 Å². The maximum atomic E-state index is 12.6. The molecule has 1 atom stereocenters. The lowest BCUT2D eigenvalue weighted by Crippen LogP contribution is -2.39. The Labute approximate surface area is 208 Å². The molecule has 0 radical (unpaired) electrons. The lowest BCUT2D eigenvalue weighted by molar-refractivity contribution is -0.206. The highest BCUT2D eigenvalue weighted by Crippen LogP contribution is 2.24. The first-order valence-electron chi connectivity index (χ1n) is 11.8. The maximum absolute atomic E-state index is 12.6. The van der Waals surface area contributed by atoms with Gasteiger partial charge in [0.25, 0.3) is 0 Å². The molecule has 0 spiro atoms. The van der Waals surface area contributed by atoms with Crippen LogP contribution in [-0.4, -0.2) is 44.5 Å². The van der Waals surface area contributed by atoms with Gasteiger partial charge in [0.05, 0.1) is 10.3 Å². The van der Waals surface area contributed by atoms with E-state index >= 15 is 0 Å². The van der Waals surface area contributed by atoms with Crippen molar-refractivity contribution in [2.24, 2.45) is 11.3 Å². The van der Waals surface area contributed by atoms with E-state index in [2.05, 4.69) is 16.9 Å². The van der Waals surface area contributed by atoms with E-state index in [4.69, 9.17) is 16.4 Å². The van der Waals surface area contributed by atoms with E-state index in [-0.39, 0.29) is 16.7 Å². The minimum Gasteiger partial charge on any atom is -0.367 e. The zero-order valence-electron chi connectivity index (χ0n) is 20.2. The van der Waals surface area contributed by atoms with Gasteiger partial charge in [0.2, 0.25) is 10.0 Å². The van der Waals surface area contributed by atoms with Crippen LogP contribution in [0.1, 0.15) is 44.7 Å². The number of nitrogens with one attached hydrogen (secondary N) is 1. The standard InChI is InChI=1S/C26H35ClN2O4S/c1-26(2,3)25(30)33-29-15-13-22(14-16-29)17-20-9-11-21(12-10-20)18-23(19-27)28-34(31,32)24-7-5-4-6-8-24/h4-12,22-23,28H,13-19H2,1-3H3/t23-/m0/s1. The number of rotatable bonds is 9. The summed E-state index contributed by atoms with van der Waals surface area (Å²) in [4.78, 5) is 17.8. The van der Waals surface area contributed by atoms with E-state index in [1.807, 2.05) is 32.9 Å². The second-order valence-electron chi connectivity index (χ2n) is 10.0. The summed E-state index contributed by atoms with van der Waals surface area (Å²) in [5.41, 5.74) is 1.79. The third kappa shape index (κ3) is 7.80. The normalized spacial score (nSPS) is 16.8. The van der Waals surface area contributed by atoms with Gasteiger partial charge >= 0.3 is 5.97 Å². The van der Waals surface area contributed by atoms with Crippen molar-refractivity contribution in [1.29, 1.82) is 0 Å². The van der Waals surface area contributed by atoms with E-state index < -0.39 is 21.5 Å². The van der Waals surface area contributed by atoms with Crippen LogP contribution in [0, 0.1) is 11.3 Å². The SMILES string of the molecule is CC(C)(C)C(=O)ON1CCC(Cc2ccc(C[C@@H](CCl)NS(=O)(=O)c3ccccc3)cc2)CC1. The van der Waals surface area contributed by atoms with Gasteiger partial charge in [-0.05, 0) is 75.6 Å². The van der Waals surface area contributed by atoms with Gasteiger partial charge in [0.1, 0.15) is 0 Å². The monoisotopic (exact) mass is 506 g/mol. The van der Waals surface area contributed by atoms with Crippen LogP contribution in [0.5, 0.6) is 0 Å². The van der Waals surface area contributed by atoms with Gasteiger partial charge in [-0.2, -0.15) is 0 Å².